The number of ether oxygens (including phenoxy) is 1. The fourth-order valence-electron chi connectivity index (χ4n) is 5.34. The molecule has 0 amide bonds. The number of hydrogen-bond acceptors (Lipinski definition) is 1. The first-order chi connectivity index (χ1) is 15.7. The molecule has 32 heavy (non-hydrogen) atoms. The lowest BCUT2D eigenvalue weighted by Crippen LogP contribution is -2.13. The van der Waals surface area contributed by atoms with Gasteiger partial charge in [-0.15, -0.1) is 0 Å². The molecule has 0 radical (unpaired) electrons. The fourth-order valence-corrected chi connectivity index (χ4v) is 5.34. The maximum absolute atomic E-state index is 15.0. The quantitative estimate of drug-likeness (QED) is 0.307. The summed E-state index contributed by atoms with van der Waals surface area (Å²) in [5.41, 5.74) is 3.57. The topological polar surface area (TPSA) is 9.23 Å². The molecule has 1 aliphatic rings. The van der Waals surface area contributed by atoms with E-state index in [1.807, 2.05) is 30.3 Å². The SMILES string of the molecule is CCCCCC1CCC(c2ccc(CCc3ccc4cc(OC)ccc4c3F)cc2)CC1. The third-order valence-electron chi connectivity index (χ3n) is 7.44. The zero-order valence-electron chi connectivity index (χ0n) is 19.7. The smallest absolute Gasteiger partial charge is 0.134 e. The molecule has 1 saturated carbocycles. The maximum atomic E-state index is 15.0. The summed E-state index contributed by atoms with van der Waals surface area (Å²) in [6.45, 7) is 2.29. The number of methoxy groups -OCH3 is 1. The standard InChI is InChI=1S/C30H37FO/c1-3-4-5-6-22-7-12-24(13-8-22)25-14-9-23(10-15-25)11-16-26-17-18-27-21-28(32-2)19-20-29(27)30(26)31/h9-10,14-15,17-22,24H,3-8,11-13,16H2,1-2H3. The number of hydrogen-bond donors (Lipinski definition) is 0. The van der Waals surface area contributed by atoms with Gasteiger partial charge in [-0.3, -0.25) is 0 Å². The molecule has 0 spiro atoms. The van der Waals surface area contributed by atoms with E-state index in [0.717, 1.165) is 41.4 Å². The number of rotatable bonds is 9. The van der Waals surface area contributed by atoms with E-state index in [1.54, 1.807) is 7.11 Å². The van der Waals surface area contributed by atoms with Gasteiger partial charge in [-0.25, -0.2) is 4.39 Å². The molecule has 3 aromatic rings. The van der Waals surface area contributed by atoms with Crippen molar-refractivity contribution in [3.63, 3.8) is 0 Å². The average molecular weight is 433 g/mol. The highest BCUT2D eigenvalue weighted by Crippen LogP contribution is 2.38. The van der Waals surface area contributed by atoms with Gasteiger partial charge in [-0.2, -0.15) is 0 Å². The minimum atomic E-state index is -0.0996. The lowest BCUT2D eigenvalue weighted by Gasteiger charge is -2.29. The summed E-state index contributed by atoms with van der Waals surface area (Å²) in [7, 11) is 1.64. The van der Waals surface area contributed by atoms with E-state index in [-0.39, 0.29) is 5.82 Å². The van der Waals surface area contributed by atoms with Gasteiger partial charge in [0.1, 0.15) is 11.6 Å². The van der Waals surface area contributed by atoms with Crippen molar-refractivity contribution >= 4 is 10.8 Å². The van der Waals surface area contributed by atoms with Crippen LogP contribution in [0.1, 0.15) is 80.9 Å². The zero-order valence-corrected chi connectivity index (χ0v) is 19.7. The summed E-state index contributed by atoms with van der Waals surface area (Å²) in [6, 6.07) is 18.6. The van der Waals surface area contributed by atoms with E-state index >= 15 is 4.39 Å². The molecule has 1 fully saturated rings. The highest BCUT2D eigenvalue weighted by Gasteiger charge is 2.22. The molecule has 0 saturated heterocycles. The molecule has 170 valence electrons. The van der Waals surface area contributed by atoms with Gasteiger partial charge in [-0.05, 0) is 90.6 Å². The Hall–Kier alpha value is -2.35. The molecule has 0 bridgehead atoms. The van der Waals surface area contributed by atoms with E-state index in [2.05, 4.69) is 31.2 Å². The van der Waals surface area contributed by atoms with Gasteiger partial charge in [0.05, 0.1) is 7.11 Å². The summed E-state index contributed by atoms with van der Waals surface area (Å²) in [6.07, 6.45) is 12.6. The van der Waals surface area contributed by atoms with Crippen LogP contribution in [0.5, 0.6) is 5.75 Å². The number of fused-ring (bicyclic) bond motifs is 1. The van der Waals surface area contributed by atoms with Crippen molar-refractivity contribution < 1.29 is 9.13 Å². The molecule has 2 heteroatoms. The average Bonchev–Trinajstić information content (AvgIpc) is 2.84. The number of unbranched alkanes of at least 4 members (excludes halogenated alkanes) is 2. The fraction of sp³-hybridized carbons (Fsp3) is 0.467. The maximum Gasteiger partial charge on any atom is 0.134 e. The van der Waals surface area contributed by atoms with Gasteiger partial charge in [-0.1, -0.05) is 69.0 Å². The second-order valence-electron chi connectivity index (χ2n) is 9.58. The Bertz CT molecular complexity index is 999. The van der Waals surface area contributed by atoms with E-state index in [4.69, 9.17) is 4.74 Å². The van der Waals surface area contributed by atoms with Crippen LogP contribution in [0, 0.1) is 11.7 Å². The van der Waals surface area contributed by atoms with E-state index in [0.29, 0.717) is 5.39 Å². The Labute approximate surface area is 193 Å². The highest BCUT2D eigenvalue weighted by molar-refractivity contribution is 5.85. The van der Waals surface area contributed by atoms with Crippen LogP contribution >= 0.6 is 0 Å². The minimum Gasteiger partial charge on any atom is -0.497 e. The zero-order chi connectivity index (χ0) is 22.3. The van der Waals surface area contributed by atoms with Crippen LogP contribution in [-0.2, 0) is 12.8 Å². The van der Waals surface area contributed by atoms with Crippen LogP contribution in [0.4, 0.5) is 4.39 Å². The largest absolute Gasteiger partial charge is 0.497 e. The van der Waals surface area contributed by atoms with Gasteiger partial charge in [0.25, 0.3) is 0 Å². The molecule has 0 N–H and O–H groups in total. The normalized spacial score (nSPS) is 18.7. The highest BCUT2D eigenvalue weighted by atomic mass is 19.1. The van der Waals surface area contributed by atoms with Crippen LogP contribution in [0.15, 0.2) is 54.6 Å². The monoisotopic (exact) mass is 432 g/mol. The van der Waals surface area contributed by atoms with Crippen LogP contribution in [0.2, 0.25) is 0 Å². The predicted octanol–water partition coefficient (Wildman–Crippen LogP) is 8.63. The van der Waals surface area contributed by atoms with Crippen molar-refractivity contribution in [3.05, 3.63) is 77.1 Å². The molecular formula is C30H37FO. The van der Waals surface area contributed by atoms with E-state index in [1.165, 1.54) is 62.5 Å². The van der Waals surface area contributed by atoms with Gasteiger partial charge < -0.3 is 4.74 Å². The van der Waals surface area contributed by atoms with Crippen molar-refractivity contribution in [1.82, 2.24) is 0 Å². The Kier molecular flexibility index (Phi) is 7.84. The van der Waals surface area contributed by atoms with E-state index < -0.39 is 0 Å². The third kappa shape index (κ3) is 5.52. The molecule has 0 aliphatic heterocycles. The summed E-state index contributed by atoms with van der Waals surface area (Å²) < 4.78 is 20.3. The van der Waals surface area contributed by atoms with Gasteiger partial charge >= 0.3 is 0 Å². The van der Waals surface area contributed by atoms with Crippen molar-refractivity contribution in [2.24, 2.45) is 5.92 Å². The van der Waals surface area contributed by atoms with Crippen molar-refractivity contribution in [2.75, 3.05) is 7.11 Å². The van der Waals surface area contributed by atoms with Crippen LogP contribution in [-0.4, -0.2) is 7.11 Å². The first kappa shape index (κ1) is 22.8. The van der Waals surface area contributed by atoms with Crippen LogP contribution in [0.3, 0.4) is 0 Å². The Morgan fingerprint density at radius 2 is 1.66 bits per heavy atom. The van der Waals surface area contributed by atoms with Crippen LogP contribution < -0.4 is 4.74 Å². The molecule has 0 unspecified atom stereocenters. The first-order valence-corrected chi connectivity index (χ1v) is 12.5. The molecular weight excluding hydrogens is 395 g/mol. The molecule has 0 aromatic heterocycles. The molecule has 1 aliphatic carbocycles. The summed E-state index contributed by atoms with van der Waals surface area (Å²) in [5.74, 6) is 2.34. The van der Waals surface area contributed by atoms with Gasteiger partial charge in [0, 0.05) is 5.39 Å². The molecule has 3 aromatic carbocycles. The van der Waals surface area contributed by atoms with Crippen LogP contribution in [0.25, 0.3) is 10.8 Å². The minimum absolute atomic E-state index is 0.0996. The van der Waals surface area contributed by atoms with Gasteiger partial charge in [0.15, 0.2) is 0 Å². The van der Waals surface area contributed by atoms with E-state index in [9.17, 15) is 0 Å². The number of aryl methyl sites for hydroxylation is 2. The number of halogens is 1. The Morgan fingerprint density at radius 3 is 2.38 bits per heavy atom. The Balaban J connectivity index is 1.32. The lowest BCUT2D eigenvalue weighted by molar-refractivity contribution is 0.303. The molecule has 0 atom stereocenters. The predicted molar refractivity (Wildman–Crippen MR) is 133 cm³/mol. The number of benzene rings is 3. The van der Waals surface area contributed by atoms with Crippen molar-refractivity contribution in [2.45, 2.75) is 77.0 Å². The Morgan fingerprint density at radius 1 is 0.875 bits per heavy atom. The first-order valence-electron chi connectivity index (χ1n) is 12.5. The summed E-state index contributed by atoms with van der Waals surface area (Å²) >= 11 is 0. The van der Waals surface area contributed by atoms with Crippen molar-refractivity contribution in [1.29, 1.82) is 0 Å². The second-order valence-corrected chi connectivity index (χ2v) is 9.58. The molecule has 0 heterocycles. The molecule has 1 nitrogen and oxygen atoms in total. The van der Waals surface area contributed by atoms with Gasteiger partial charge in [0.2, 0.25) is 0 Å². The summed E-state index contributed by atoms with van der Waals surface area (Å²) in [5, 5.41) is 1.55. The summed E-state index contributed by atoms with van der Waals surface area (Å²) in [4.78, 5) is 0. The van der Waals surface area contributed by atoms with Crippen molar-refractivity contribution in [3.8, 4) is 5.75 Å². The molecule has 4 rings (SSSR count). The lowest BCUT2D eigenvalue weighted by atomic mass is 9.77. The second kappa shape index (κ2) is 11.0. The third-order valence-corrected chi connectivity index (χ3v) is 7.44.